The van der Waals surface area contributed by atoms with Gasteiger partial charge in [-0.15, -0.1) is 6.58 Å². The molecule has 0 spiro atoms. The highest BCUT2D eigenvalue weighted by Crippen LogP contribution is 2.39. The molecule has 0 aliphatic rings. The molecule has 4 nitrogen and oxygen atoms in total. The van der Waals surface area contributed by atoms with Gasteiger partial charge >= 0.3 is 0 Å². The van der Waals surface area contributed by atoms with Crippen molar-refractivity contribution in [1.82, 2.24) is 0 Å². The molecule has 0 aliphatic heterocycles. The van der Waals surface area contributed by atoms with Crippen molar-refractivity contribution in [1.29, 1.82) is 0 Å². The van der Waals surface area contributed by atoms with Crippen LogP contribution in [-0.2, 0) is 4.43 Å². The highest BCUT2D eigenvalue weighted by atomic mass is 28.4. The van der Waals surface area contributed by atoms with E-state index in [2.05, 4.69) is 54.3 Å². The minimum Gasteiger partial charge on any atom is -0.413 e. The summed E-state index contributed by atoms with van der Waals surface area (Å²) < 4.78 is 6.59. The lowest BCUT2D eigenvalue weighted by molar-refractivity contribution is -0.490. The van der Waals surface area contributed by atoms with Gasteiger partial charge in [0.2, 0.25) is 6.54 Å². The van der Waals surface area contributed by atoms with Gasteiger partial charge in [-0.1, -0.05) is 53.5 Å². The largest absolute Gasteiger partial charge is 0.413 e. The van der Waals surface area contributed by atoms with Crippen LogP contribution in [-0.4, -0.2) is 25.9 Å². The van der Waals surface area contributed by atoms with Gasteiger partial charge in [-0.2, -0.15) is 0 Å². The van der Waals surface area contributed by atoms with Gasteiger partial charge < -0.3 is 4.43 Å². The molecule has 0 saturated carbocycles. The molecule has 0 aromatic heterocycles. The highest BCUT2D eigenvalue weighted by molar-refractivity contribution is 6.74. The van der Waals surface area contributed by atoms with Crippen molar-refractivity contribution < 1.29 is 9.35 Å². The summed E-state index contributed by atoms with van der Waals surface area (Å²) in [7, 11) is -1.90. The molecule has 23 heavy (non-hydrogen) atoms. The van der Waals surface area contributed by atoms with Gasteiger partial charge in [0.05, 0.1) is 6.10 Å². The normalized spacial score (nSPS) is 16.7. The zero-order chi connectivity index (χ0) is 18.3. The number of hydrogen-bond donors (Lipinski definition) is 0. The van der Waals surface area contributed by atoms with Crippen molar-refractivity contribution in [2.45, 2.75) is 84.5 Å². The van der Waals surface area contributed by atoms with Gasteiger partial charge in [0.1, 0.15) is 0 Å². The third-order valence-corrected chi connectivity index (χ3v) is 9.80. The number of nitrogens with zero attached hydrogens (tertiary/aromatic N) is 1. The Bertz CT molecular complexity index is 377. The van der Waals surface area contributed by atoms with Crippen molar-refractivity contribution >= 4 is 8.32 Å². The Balaban J connectivity index is 5.21. The summed E-state index contributed by atoms with van der Waals surface area (Å²) in [5.41, 5.74) is 0. The first kappa shape index (κ1) is 22.3. The molecule has 0 heterocycles. The summed E-state index contributed by atoms with van der Waals surface area (Å²) in [6, 6.07) is 0. The molecule has 3 atom stereocenters. The van der Waals surface area contributed by atoms with E-state index < -0.39 is 8.32 Å². The average molecular weight is 344 g/mol. The molecule has 0 radical (unpaired) electrons. The molecule has 0 rings (SSSR count). The minimum atomic E-state index is -1.90. The Kier molecular flexibility index (Phi) is 9.29. The third-order valence-electron chi connectivity index (χ3n) is 5.29. The molecule has 5 heteroatoms. The zero-order valence-corrected chi connectivity index (χ0v) is 17.2. The van der Waals surface area contributed by atoms with E-state index in [1.54, 1.807) is 0 Å². The number of nitro groups is 1. The maximum atomic E-state index is 11.1. The number of rotatable bonds is 11. The molecule has 0 aliphatic carbocycles. The van der Waals surface area contributed by atoms with Crippen LogP contribution in [0.1, 0.15) is 60.3 Å². The standard InChI is InChI=1S/C18H37NO3Si/c1-9-11-13-16(14-19(20)21)15(3)17(12-10-2)22-23(7,8)18(4,5)6/h10,15-17H,2,9,11-14H2,1,3-8H3/t15-,16+,17-/m1/s1. The molecule has 0 aromatic carbocycles. The van der Waals surface area contributed by atoms with Crippen LogP contribution >= 0.6 is 0 Å². The second-order valence-corrected chi connectivity index (χ2v) is 13.0. The Morgan fingerprint density at radius 3 is 2.30 bits per heavy atom. The minimum absolute atomic E-state index is 0.0233. The predicted molar refractivity (Wildman–Crippen MR) is 101 cm³/mol. The monoisotopic (exact) mass is 343 g/mol. The van der Waals surface area contributed by atoms with Crippen molar-refractivity contribution in [3.63, 3.8) is 0 Å². The molecule has 0 fully saturated rings. The Morgan fingerprint density at radius 2 is 1.91 bits per heavy atom. The van der Waals surface area contributed by atoms with E-state index in [1.165, 1.54) is 0 Å². The maximum Gasteiger partial charge on any atom is 0.207 e. The van der Waals surface area contributed by atoms with Crippen LogP contribution in [0.4, 0.5) is 0 Å². The quantitative estimate of drug-likeness (QED) is 0.210. The van der Waals surface area contributed by atoms with E-state index in [0.29, 0.717) is 0 Å². The van der Waals surface area contributed by atoms with Crippen molar-refractivity contribution in [3.8, 4) is 0 Å². The van der Waals surface area contributed by atoms with Crippen LogP contribution in [0.2, 0.25) is 18.1 Å². The molecule has 0 aromatic rings. The summed E-state index contributed by atoms with van der Waals surface area (Å²) in [5, 5.41) is 11.2. The Morgan fingerprint density at radius 1 is 1.35 bits per heavy atom. The average Bonchev–Trinajstić information content (AvgIpc) is 2.40. The second kappa shape index (κ2) is 9.57. The molecular weight excluding hydrogens is 306 g/mol. The van der Waals surface area contributed by atoms with Gasteiger partial charge in [-0.25, -0.2) is 0 Å². The van der Waals surface area contributed by atoms with Gasteiger partial charge in [0.25, 0.3) is 0 Å². The van der Waals surface area contributed by atoms with Crippen molar-refractivity contribution in [2.75, 3.05) is 6.54 Å². The first-order chi connectivity index (χ1) is 10.5. The van der Waals surface area contributed by atoms with Crippen LogP contribution in [0, 0.1) is 22.0 Å². The van der Waals surface area contributed by atoms with Crippen LogP contribution in [0.3, 0.4) is 0 Å². The van der Waals surface area contributed by atoms with Crippen LogP contribution < -0.4 is 0 Å². The first-order valence-corrected chi connectivity index (χ1v) is 11.8. The Hall–Kier alpha value is -0.683. The molecule has 0 N–H and O–H groups in total. The number of unbranched alkanes of at least 4 members (excludes halogenated alkanes) is 1. The molecule has 0 unspecified atom stereocenters. The summed E-state index contributed by atoms with van der Waals surface area (Å²) in [4.78, 5) is 10.9. The summed E-state index contributed by atoms with van der Waals surface area (Å²) in [6.45, 7) is 19.3. The van der Waals surface area contributed by atoms with E-state index in [0.717, 1.165) is 25.7 Å². The second-order valence-electron chi connectivity index (χ2n) is 8.22. The fourth-order valence-corrected chi connectivity index (χ4v) is 3.99. The van der Waals surface area contributed by atoms with E-state index in [1.807, 2.05) is 6.08 Å². The Labute approximate surface area is 144 Å². The molecule has 0 bridgehead atoms. The summed E-state index contributed by atoms with van der Waals surface area (Å²) in [6.07, 6.45) is 5.66. The lowest BCUT2D eigenvalue weighted by Crippen LogP contribution is -2.46. The van der Waals surface area contributed by atoms with E-state index in [4.69, 9.17) is 4.43 Å². The molecule has 0 amide bonds. The van der Waals surface area contributed by atoms with E-state index in [9.17, 15) is 10.1 Å². The lowest BCUT2D eigenvalue weighted by atomic mass is 9.84. The van der Waals surface area contributed by atoms with Gasteiger partial charge in [0, 0.05) is 10.8 Å². The maximum absolute atomic E-state index is 11.1. The SMILES string of the molecule is C=CC[C@@H](O[Si](C)(C)C(C)(C)C)[C@H](C)[C@@H](CCCC)C[N+](=O)[O-]. The van der Waals surface area contributed by atoms with Crippen LogP contribution in [0.15, 0.2) is 12.7 Å². The molecular formula is C18H37NO3Si. The number of hydrogen-bond acceptors (Lipinski definition) is 3. The first-order valence-electron chi connectivity index (χ1n) is 8.86. The molecule has 0 saturated heterocycles. The smallest absolute Gasteiger partial charge is 0.207 e. The fraction of sp³-hybridized carbons (Fsp3) is 0.889. The zero-order valence-electron chi connectivity index (χ0n) is 16.2. The lowest BCUT2D eigenvalue weighted by Gasteiger charge is -2.41. The highest BCUT2D eigenvalue weighted by Gasteiger charge is 2.41. The van der Waals surface area contributed by atoms with Crippen LogP contribution in [0.25, 0.3) is 0 Å². The van der Waals surface area contributed by atoms with Crippen molar-refractivity contribution in [2.24, 2.45) is 11.8 Å². The third kappa shape index (κ3) is 7.62. The van der Waals surface area contributed by atoms with E-state index in [-0.39, 0.29) is 34.4 Å². The van der Waals surface area contributed by atoms with Gasteiger partial charge in [-0.05, 0) is 36.9 Å². The van der Waals surface area contributed by atoms with Gasteiger partial charge in [-0.3, -0.25) is 10.1 Å². The predicted octanol–water partition coefficient (Wildman–Crippen LogP) is 5.67. The van der Waals surface area contributed by atoms with Gasteiger partial charge in [0.15, 0.2) is 8.32 Å². The fourth-order valence-electron chi connectivity index (χ4n) is 2.57. The topological polar surface area (TPSA) is 52.4 Å². The molecule has 136 valence electrons. The van der Waals surface area contributed by atoms with Crippen molar-refractivity contribution in [3.05, 3.63) is 22.8 Å². The summed E-state index contributed by atoms with van der Waals surface area (Å²) >= 11 is 0. The van der Waals surface area contributed by atoms with Crippen LogP contribution in [0.5, 0.6) is 0 Å². The van der Waals surface area contributed by atoms with E-state index >= 15 is 0 Å². The summed E-state index contributed by atoms with van der Waals surface area (Å²) in [5.74, 6) is 0.235.